The van der Waals surface area contributed by atoms with Crippen molar-refractivity contribution in [3.8, 4) is 0 Å². The fraction of sp³-hybridized carbons (Fsp3) is 0.111. The molecule has 0 spiro atoms. The topological polar surface area (TPSA) is 171 Å². The predicted octanol–water partition coefficient (Wildman–Crippen LogP) is 0.868. The Hall–Kier alpha value is -3.77. The van der Waals surface area contributed by atoms with Crippen molar-refractivity contribution in [1.82, 2.24) is 0 Å². The number of carbonyl (C=O) groups excluding carboxylic acids is 3. The largest absolute Gasteiger partial charge is 0.478 e. The van der Waals surface area contributed by atoms with Crippen LogP contribution in [0.1, 0.15) is 20.7 Å². The highest BCUT2D eigenvalue weighted by Crippen LogP contribution is 2.15. The van der Waals surface area contributed by atoms with Gasteiger partial charge in [0.15, 0.2) is 0 Å². The molecule has 12 heteroatoms. The third kappa shape index (κ3) is 6.39. The maximum absolute atomic E-state index is 12.2. The van der Waals surface area contributed by atoms with Crippen LogP contribution in [0.25, 0.3) is 0 Å². The molecule has 0 saturated heterocycles. The first-order chi connectivity index (χ1) is 14.1. The van der Waals surface area contributed by atoms with Gasteiger partial charge in [0.05, 0.1) is 11.1 Å². The fourth-order valence-corrected chi connectivity index (χ4v) is 2.44. The molecule has 0 amide bonds. The van der Waals surface area contributed by atoms with Crippen LogP contribution >= 0.6 is 0 Å². The molecule has 0 saturated carbocycles. The molecule has 0 aliphatic heterocycles. The molecule has 0 radical (unpaired) electrons. The van der Waals surface area contributed by atoms with Gasteiger partial charge in [-0.25, -0.2) is 19.2 Å². The van der Waals surface area contributed by atoms with Crippen LogP contribution in [0.4, 0.5) is 0 Å². The van der Waals surface area contributed by atoms with Gasteiger partial charge in [-0.2, -0.15) is 8.42 Å². The average molecular weight is 438 g/mol. The number of carbonyl (C=O) groups is 4. The second-order valence-corrected chi connectivity index (χ2v) is 6.57. The Labute approximate surface area is 169 Å². The van der Waals surface area contributed by atoms with Crippen LogP contribution in [-0.4, -0.2) is 54.2 Å². The van der Waals surface area contributed by atoms with E-state index in [1.165, 1.54) is 48.5 Å². The van der Waals surface area contributed by atoms with E-state index in [0.29, 0.717) is 0 Å². The number of carboxylic acids is 1. The lowest BCUT2D eigenvalue weighted by Crippen LogP contribution is -2.47. The summed E-state index contributed by atoms with van der Waals surface area (Å²) in [5.41, 5.74) is -0.222. The summed E-state index contributed by atoms with van der Waals surface area (Å²) in [6, 6.07) is 14.0. The molecule has 11 nitrogen and oxygen atoms in total. The zero-order valence-electron chi connectivity index (χ0n) is 14.9. The highest BCUT2D eigenvalue weighted by molar-refractivity contribution is 7.81. The second-order valence-electron chi connectivity index (χ2n) is 5.55. The summed E-state index contributed by atoms with van der Waals surface area (Å²) in [7, 11) is -5.38. The normalized spacial score (nSPS) is 12.8. The summed E-state index contributed by atoms with van der Waals surface area (Å²) in [4.78, 5) is 48.1. The number of aliphatic carboxylic acids is 1. The molecule has 0 bridgehead atoms. The molecule has 2 rings (SSSR count). The molecule has 2 aromatic carbocycles. The van der Waals surface area contributed by atoms with E-state index >= 15 is 0 Å². The van der Waals surface area contributed by atoms with Gasteiger partial charge in [-0.05, 0) is 24.3 Å². The van der Waals surface area contributed by atoms with Gasteiger partial charge in [0.25, 0.3) is 0 Å². The Kier molecular flexibility index (Phi) is 7.22. The van der Waals surface area contributed by atoms with E-state index in [4.69, 9.17) is 14.0 Å². The van der Waals surface area contributed by atoms with Gasteiger partial charge in [0.2, 0.25) is 12.2 Å². The Morgan fingerprint density at radius 3 is 1.50 bits per heavy atom. The third-order valence-electron chi connectivity index (χ3n) is 3.43. The van der Waals surface area contributed by atoms with Crippen LogP contribution < -0.4 is 0 Å². The molecule has 2 N–H and O–H groups in total. The maximum atomic E-state index is 12.2. The van der Waals surface area contributed by atoms with E-state index in [2.05, 4.69) is 4.18 Å². The van der Waals surface area contributed by atoms with E-state index in [-0.39, 0.29) is 11.1 Å². The number of carboxylic acid groups (broad SMARTS) is 1. The Balaban J connectivity index is 2.35. The minimum Gasteiger partial charge on any atom is -0.478 e. The highest BCUT2D eigenvalue weighted by atomic mass is 32.3. The summed E-state index contributed by atoms with van der Waals surface area (Å²) in [6.07, 6.45) is -5.04. The lowest BCUT2D eigenvalue weighted by Gasteiger charge is -2.22. The predicted molar refractivity (Wildman–Crippen MR) is 96.6 cm³/mol. The van der Waals surface area contributed by atoms with Crippen molar-refractivity contribution in [3.63, 3.8) is 0 Å². The molecule has 0 unspecified atom stereocenters. The fourth-order valence-electron chi connectivity index (χ4n) is 2.14. The molecular formula is C18H14O11S. The Bertz CT molecular complexity index is 1030. The first kappa shape index (κ1) is 22.5. The summed E-state index contributed by atoms with van der Waals surface area (Å²) in [5, 5.41) is 9.38. The molecule has 0 aliphatic carbocycles. The van der Waals surface area contributed by atoms with Crippen molar-refractivity contribution in [2.24, 2.45) is 0 Å². The molecule has 0 aliphatic rings. The second kappa shape index (κ2) is 9.62. The summed E-state index contributed by atoms with van der Waals surface area (Å²) < 4.78 is 43.6. The van der Waals surface area contributed by atoms with Crippen molar-refractivity contribution in [2.75, 3.05) is 0 Å². The number of rotatable bonds is 8. The van der Waals surface area contributed by atoms with Crippen molar-refractivity contribution < 1.29 is 50.9 Å². The molecule has 2 atom stereocenters. The SMILES string of the molecule is O=C(O[C@H](C(=O)O)[C@H](OC(=O)c1ccccc1)C(=O)OS(=O)(=O)O)c1ccccc1. The van der Waals surface area contributed by atoms with Crippen LogP contribution in [0.3, 0.4) is 0 Å². The molecule has 2 aromatic rings. The minimum atomic E-state index is -5.38. The van der Waals surface area contributed by atoms with E-state index in [0.717, 1.165) is 0 Å². The maximum Gasteiger partial charge on any atom is 0.449 e. The van der Waals surface area contributed by atoms with Crippen LogP contribution in [0, 0.1) is 0 Å². The molecule has 0 heterocycles. The Morgan fingerprint density at radius 2 is 1.13 bits per heavy atom. The monoisotopic (exact) mass is 438 g/mol. The number of esters is 2. The average Bonchev–Trinajstić information content (AvgIpc) is 2.70. The molecular weight excluding hydrogens is 424 g/mol. The van der Waals surface area contributed by atoms with Crippen LogP contribution in [0.5, 0.6) is 0 Å². The van der Waals surface area contributed by atoms with Crippen molar-refractivity contribution in [1.29, 1.82) is 0 Å². The van der Waals surface area contributed by atoms with Gasteiger partial charge in [0, 0.05) is 0 Å². The van der Waals surface area contributed by atoms with Gasteiger partial charge < -0.3 is 18.8 Å². The lowest BCUT2D eigenvalue weighted by atomic mass is 10.1. The zero-order chi connectivity index (χ0) is 22.3. The van der Waals surface area contributed by atoms with Gasteiger partial charge >= 0.3 is 34.3 Å². The number of hydrogen-bond donors (Lipinski definition) is 2. The Morgan fingerprint density at radius 1 is 0.733 bits per heavy atom. The van der Waals surface area contributed by atoms with E-state index in [9.17, 15) is 32.7 Å². The summed E-state index contributed by atoms with van der Waals surface area (Å²) in [6.45, 7) is 0. The van der Waals surface area contributed by atoms with Crippen molar-refractivity contribution in [2.45, 2.75) is 12.2 Å². The first-order valence-electron chi connectivity index (χ1n) is 8.04. The summed E-state index contributed by atoms with van der Waals surface area (Å²) in [5.74, 6) is -6.38. The zero-order valence-corrected chi connectivity index (χ0v) is 15.7. The van der Waals surface area contributed by atoms with Crippen molar-refractivity contribution >= 4 is 34.3 Å². The van der Waals surface area contributed by atoms with Gasteiger partial charge in [0.1, 0.15) is 0 Å². The van der Waals surface area contributed by atoms with Gasteiger partial charge in [-0.1, -0.05) is 36.4 Å². The first-order valence-corrected chi connectivity index (χ1v) is 9.40. The van der Waals surface area contributed by atoms with Crippen LogP contribution in [-0.2, 0) is 33.6 Å². The molecule has 30 heavy (non-hydrogen) atoms. The highest BCUT2D eigenvalue weighted by Gasteiger charge is 2.43. The number of ether oxygens (including phenoxy) is 2. The number of benzene rings is 2. The summed E-state index contributed by atoms with van der Waals surface area (Å²) >= 11 is 0. The lowest BCUT2D eigenvalue weighted by molar-refractivity contribution is -0.165. The molecule has 0 fully saturated rings. The van der Waals surface area contributed by atoms with Crippen molar-refractivity contribution in [3.05, 3.63) is 71.8 Å². The van der Waals surface area contributed by atoms with E-state index in [1.807, 2.05) is 0 Å². The minimum absolute atomic E-state index is 0.0972. The van der Waals surface area contributed by atoms with Gasteiger partial charge in [-0.3, -0.25) is 4.55 Å². The van der Waals surface area contributed by atoms with E-state index < -0.39 is 46.5 Å². The molecule has 0 aromatic heterocycles. The smallest absolute Gasteiger partial charge is 0.449 e. The molecule has 158 valence electrons. The van der Waals surface area contributed by atoms with Gasteiger partial charge in [-0.15, -0.1) is 0 Å². The quantitative estimate of drug-likeness (QED) is 0.442. The number of hydrogen-bond acceptors (Lipinski definition) is 9. The van der Waals surface area contributed by atoms with Crippen LogP contribution in [0.2, 0.25) is 0 Å². The van der Waals surface area contributed by atoms with E-state index in [1.54, 1.807) is 12.1 Å². The standard InChI is InChI=1S/C18H14O11S/c19-15(20)13(27-16(21)11-7-3-1-4-8-11)14(18(23)29-30(24,25)26)28-17(22)12-9-5-2-6-10-12/h1-10,13-14H,(H,19,20)(H,24,25,26)/t13-,14-/m0/s1. The third-order valence-corrected chi connectivity index (χ3v) is 3.80. The van der Waals surface area contributed by atoms with Crippen LogP contribution in [0.15, 0.2) is 60.7 Å².